The van der Waals surface area contributed by atoms with Crippen molar-refractivity contribution in [1.82, 2.24) is 4.98 Å². The molecule has 2 rings (SSSR count). The Morgan fingerprint density at radius 1 is 1.53 bits per heavy atom. The summed E-state index contributed by atoms with van der Waals surface area (Å²) in [5.74, 6) is 0. The molecule has 4 heteroatoms. The number of carbonyl (C=O) groups excluding carboxylic acids is 1. The summed E-state index contributed by atoms with van der Waals surface area (Å²) in [6.07, 6.45) is 12.4. The van der Waals surface area contributed by atoms with Crippen LogP contribution in [0.5, 0.6) is 0 Å². The second-order valence-electron chi connectivity index (χ2n) is 4.67. The van der Waals surface area contributed by atoms with E-state index in [1.54, 1.807) is 24.0 Å². The van der Waals surface area contributed by atoms with Gasteiger partial charge in [0.05, 0.1) is 9.61 Å². The van der Waals surface area contributed by atoms with E-state index in [0.717, 1.165) is 47.3 Å². The fraction of sp³-hybridized carbons (Fsp3) is 0.400. The van der Waals surface area contributed by atoms with Gasteiger partial charge < -0.3 is 0 Å². The van der Waals surface area contributed by atoms with Gasteiger partial charge in [-0.25, -0.2) is 0 Å². The predicted molar refractivity (Wildman–Crippen MR) is 84.6 cm³/mol. The van der Waals surface area contributed by atoms with Crippen LogP contribution in [0.15, 0.2) is 36.2 Å². The Kier molecular flexibility index (Phi) is 4.88. The van der Waals surface area contributed by atoms with E-state index in [1.807, 2.05) is 18.5 Å². The Labute approximate surface area is 123 Å². The lowest BCUT2D eigenvalue weighted by Crippen LogP contribution is -2.37. The first-order chi connectivity index (χ1) is 9.25. The monoisotopic (exact) mass is 291 g/mol. The lowest BCUT2D eigenvalue weighted by Gasteiger charge is -2.40. The fourth-order valence-electron chi connectivity index (χ4n) is 2.86. The van der Waals surface area contributed by atoms with Crippen molar-refractivity contribution in [2.45, 2.75) is 31.1 Å². The van der Waals surface area contributed by atoms with Gasteiger partial charge in [0, 0.05) is 12.4 Å². The molecular weight excluding hydrogens is 274 g/mol. The molecule has 1 aliphatic carbocycles. The summed E-state index contributed by atoms with van der Waals surface area (Å²) < 4.78 is 0.938. The van der Waals surface area contributed by atoms with E-state index in [9.17, 15) is 4.79 Å². The number of rotatable bonds is 3. The summed E-state index contributed by atoms with van der Waals surface area (Å²) in [5, 5.41) is 0. The number of aldehydes is 1. The zero-order chi connectivity index (χ0) is 13.7. The number of nitrogens with zero attached hydrogens (tertiary/aromatic N) is 1. The minimum atomic E-state index is -0.290. The summed E-state index contributed by atoms with van der Waals surface area (Å²) in [5.41, 5.74) is 1.96. The number of hydrogen-bond donors (Lipinski definition) is 0. The highest BCUT2D eigenvalue weighted by atomic mass is 32.2. The van der Waals surface area contributed by atoms with Crippen LogP contribution in [-0.2, 0) is 10.2 Å². The van der Waals surface area contributed by atoms with Gasteiger partial charge in [0.15, 0.2) is 0 Å². The van der Waals surface area contributed by atoms with Crippen molar-refractivity contribution in [3.05, 3.63) is 41.7 Å². The minimum Gasteiger partial charge on any atom is -0.299 e. The third-order valence-corrected chi connectivity index (χ3v) is 5.32. The molecule has 0 saturated heterocycles. The number of thiocarbonyl (C=S) groups is 1. The second-order valence-corrected chi connectivity index (χ2v) is 6.16. The van der Waals surface area contributed by atoms with Gasteiger partial charge in [-0.05, 0) is 43.2 Å². The van der Waals surface area contributed by atoms with Crippen molar-refractivity contribution in [3.63, 3.8) is 0 Å². The molecule has 0 N–H and O–H groups in total. The lowest BCUT2D eigenvalue weighted by atomic mass is 9.67. The van der Waals surface area contributed by atoms with Crippen molar-refractivity contribution >= 4 is 34.5 Å². The first-order valence-corrected chi connectivity index (χ1v) is 8.02. The maximum Gasteiger partial charge on any atom is 0.142 e. The van der Waals surface area contributed by atoms with Gasteiger partial charge in [0.1, 0.15) is 6.29 Å². The van der Waals surface area contributed by atoms with Crippen LogP contribution in [0, 0.1) is 0 Å². The third kappa shape index (κ3) is 2.65. The molecule has 0 amide bonds. The van der Waals surface area contributed by atoms with Gasteiger partial charge in [0.25, 0.3) is 0 Å². The molecule has 1 unspecified atom stereocenters. The van der Waals surface area contributed by atoms with Gasteiger partial charge in [0.2, 0.25) is 0 Å². The first-order valence-electron chi connectivity index (χ1n) is 6.39. The van der Waals surface area contributed by atoms with E-state index in [2.05, 4.69) is 11.1 Å². The quantitative estimate of drug-likeness (QED) is 0.482. The van der Waals surface area contributed by atoms with Gasteiger partial charge in [-0.3, -0.25) is 9.78 Å². The van der Waals surface area contributed by atoms with Gasteiger partial charge in [-0.1, -0.05) is 30.3 Å². The van der Waals surface area contributed by atoms with Crippen LogP contribution in [0.25, 0.3) is 0 Å². The van der Waals surface area contributed by atoms with Crippen molar-refractivity contribution in [2.75, 3.05) is 6.26 Å². The molecule has 19 heavy (non-hydrogen) atoms. The zero-order valence-electron chi connectivity index (χ0n) is 11.0. The smallest absolute Gasteiger partial charge is 0.142 e. The van der Waals surface area contributed by atoms with E-state index in [4.69, 9.17) is 12.2 Å². The highest BCUT2D eigenvalue weighted by Crippen LogP contribution is 2.46. The standard InChI is InChI=1S/C15H17NOS2/c1-19-14(18)15(13-6-4-9-16-11-13)8-3-2-5-12(15)7-10-17/h4,6-7,9-11H,2-3,5,8H2,1H3/b12-7+. The largest absolute Gasteiger partial charge is 0.299 e. The van der Waals surface area contributed by atoms with E-state index >= 15 is 0 Å². The van der Waals surface area contributed by atoms with Crippen molar-refractivity contribution in [1.29, 1.82) is 0 Å². The first kappa shape index (κ1) is 14.4. The number of allylic oxidation sites excluding steroid dienone is 2. The minimum absolute atomic E-state index is 0.290. The molecular formula is C15H17NOS2. The Bertz CT molecular complexity index is 498. The van der Waals surface area contributed by atoms with Gasteiger partial charge >= 0.3 is 0 Å². The summed E-state index contributed by atoms with van der Waals surface area (Å²) in [6.45, 7) is 0. The average Bonchev–Trinajstić information content (AvgIpc) is 2.48. The number of carbonyl (C=O) groups is 1. The SMILES string of the molecule is CSC(=S)C1(c2cccnc2)CCCC/C1=C\C=O. The molecule has 2 nitrogen and oxygen atoms in total. The van der Waals surface area contributed by atoms with Crippen LogP contribution >= 0.6 is 24.0 Å². The van der Waals surface area contributed by atoms with Crippen LogP contribution in [0.2, 0.25) is 0 Å². The normalized spacial score (nSPS) is 25.2. The van der Waals surface area contributed by atoms with E-state index in [1.165, 1.54) is 0 Å². The number of hydrogen-bond acceptors (Lipinski definition) is 4. The number of pyridine rings is 1. The molecule has 0 aliphatic heterocycles. The second kappa shape index (κ2) is 6.44. The van der Waals surface area contributed by atoms with Crippen LogP contribution in [0.4, 0.5) is 0 Å². The van der Waals surface area contributed by atoms with E-state index < -0.39 is 0 Å². The molecule has 1 aromatic rings. The molecule has 1 saturated carbocycles. The molecule has 0 bridgehead atoms. The molecule has 1 atom stereocenters. The maximum absolute atomic E-state index is 11.0. The summed E-state index contributed by atoms with van der Waals surface area (Å²) in [7, 11) is 0. The fourth-order valence-corrected chi connectivity index (χ4v) is 3.91. The van der Waals surface area contributed by atoms with Crippen molar-refractivity contribution < 1.29 is 4.79 Å². The van der Waals surface area contributed by atoms with Crippen molar-refractivity contribution in [3.8, 4) is 0 Å². The topological polar surface area (TPSA) is 30.0 Å². The summed E-state index contributed by atoms with van der Waals surface area (Å²) >= 11 is 7.24. The molecule has 1 fully saturated rings. The number of aromatic nitrogens is 1. The Hall–Kier alpha value is -1.00. The maximum atomic E-state index is 11.0. The zero-order valence-corrected chi connectivity index (χ0v) is 12.6. The Balaban J connectivity index is 2.59. The Morgan fingerprint density at radius 3 is 3.00 bits per heavy atom. The number of thioether (sulfide) groups is 1. The van der Waals surface area contributed by atoms with E-state index in [-0.39, 0.29) is 5.41 Å². The molecule has 0 spiro atoms. The third-order valence-electron chi connectivity index (χ3n) is 3.75. The van der Waals surface area contributed by atoms with Crippen LogP contribution in [0.1, 0.15) is 31.2 Å². The molecule has 1 aromatic heterocycles. The van der Waals surface area contributed by atoms with Crippen LogP contribution in [-0.4, -0.2) is 21.7 Å². The van der Waals surface area contributed by atoms with Crippen molar-refractivity contribution in [2.24, 2.45) is 0 Å². The van der Waals surface area contributed by atoms with Crippen LogP contribution < -0.4 is 0 Å². The highest BCUT2D eigenvalue weighted by Gasteiger charge is 2.41. The summed E-state index contributed by atoms with van der Waals surface area (Å²) in [6, 6.07) is 4.01. The predicted octanol–water partition coefficient (Wildman–Crippen LogP) is 3.71. The molecule has 1 heterocycles. The lowest BCUT2D eigenvalue weighted by molar-refractivity contribution is -0.104. The molecule has 100 valence electrons. The summed E-state index contributed by atoms with van der Waals surface area (Å²) in [4.78, 5) is 15.2. The van der Waals surface area contributed by atoms with Gasteiger partial charge in [-0.2, -0.15) is 0 Å². The Morgan fingerprint density at radius 2 is 2.37 bits per heavy atom. The van der Waals surface area contributed by atoms with Gasteiger partial charge in [-0.15, -0.1) is 11.8 Å². The molecule has 0 aromatic carbocycles. The molecule has 1 aliphatic rings. The highest BCUT2D eigenvalue weighted by molar-refractivity contribution is 8.22. The van der Waals surface area contributed by atoms with Crippen LogP contribution in [0.3, 0.4) is 0 Å². The average molecular weight is 291 g/mol. The van der Waals surface area contributed by atoms with E-state index in [0.29, 0.717) is 0 Å². The molecule has 0 radical (unpaired) electrons.